The van der Waals surface area contributed by atoms with E-state index < -0.39 is 17.7 Å². The predicted octanol–water partition coefficient (Wildman–Crippen LogP) is 6.03. The first-order chi connectivity index (χ1) is 21.8. The average Bonchev–Trinajstić information content (AvgIpc) is 3.56. The molecule has 1 amide bonds. The summed E-state index contributed by atoms with van der Waals surface area (Å²) < 4.78 is 23.3. The number of fused-ring (bicyclic) bond motifs is 1. The molecule has 230 valence electrons. The molecule has 11 heteroatoms. The van der Waals surface area contributed by atoms with E-state index in [9.17, 15) is 19.5 Å². The highest BCUT2D eigenvalue weighted by atomic mass is 32.1. The normalized spacial score (nSPS) is 17.0. The quantitative estimate of drug-likeness (QED) is 0.103. The highest BCUT2D eigenvalue weighted by molar-refractivity contribution is 7.18. The van der Waals surface area contributed by atoms with Gasteiger partial charge in [-0.25, -0.2) is 4.98 Å². The number of Topliss-reactive ketones (excluding diaryl/α,β-unsaturated/α-hetero) is 2. The van der Waals surface area contributed by atoms with Crippen LogP contribution in [0.15, 0.2) is 72.3 Å². The number of carbonyl (C=O) groups excluding carboxylic acids is 3. The number of aryl methyl sites for hydroxylation is 1. The van der Waals surface area contributed by atoms with Crippen LogP contribution >= 0.6 is 11.3 Å². The SMILES string of the molecule is CCOc1cc(C2C(=C(O)c3ccc4c(c3)OCCO4)C(=O)C(=O)N2c2nc(C)c(C(C)=O)s2)ccc1OCc1ccccc1. The molecule has 1 fully saturated rings. The first kappa shape index (κ1) is 29.9. The molecule has 10 nitrogen and oxygen atoms in total. The number of ketones is 2. The van der Waals surface area contributed by atoms with E-state index in [1.54, 1.807) is 43.3 Å². The van der Waals surface area contributed by atoms with Crippen LogP contribution in [0.2, 0.25) is 0 Å². The monoisotopic (exact) mass is 626 g/mol. The number of rotatable bonds is 9. The molecule has 1 aromatic heterocycles. The number of nitrogens with zero attached hydrogens (tertiary/aromatic N) is 2. The van der Waals surface area contributed by atoms with Gasteiger partial charge in [0.2, 0.25) is 0 Å². The number of aromatic nitrogens is 1. The van der Waals surface area contributed by atoms with E-state index in [2.05, 4.69) is 4.98 Å². The minimum absolute atomic E-state index is 0.144. The lowest BCUT2D eigenvalue weighted by molar-refractivity contribution is -0.132. The summed E-state index contributed by atoms with van der Waals surface area (Å²) in [6.07, 6.45) is 0. The lowest BCUT2D eigenvalue weighted by Crippen LogP contribution is -2.29. The Morgan fingerprint density at radius 3 is 2.47 bits per heavy atom. The van der Waals surface area contributed by atoms with Crippen LogP contribution in [-0.2, 0) is 16.2 Å². The molecule has 1 unspecified atom stereocenters. The third-order valence-electron chi connectivity index (χ3n) is 7.39. The number of carbonyl (C=O) groups is 3. The zero-order valence-corrected chi connectivity index (χ0v) is 25.7. The number of benzene rings is 3. The Bertz CT molecular complexity index is 1830. The lowest BCUT2D eigenvalue weighted by atomic mass is 9.95. The van der Waals surface area contributed by atoms with Gasteiger partial charge < -0.3 is 24.1 Å². The Morgan fingerprint density at radius 1 is 1.00 bits per heavy atom. The Hall–Kier alpha value is -5.16. The first-order valence-corrected chi connectivity index (χ1v) is 15.2. The molecule has 3 aromatic carbocycles. The van der Waals surface area contributed by atoms with Crippen LogP contribution in [-0.4, -0.2) is 47.4 Å². The summed E-state index contributed by atoms with van der Waals surface area (Å²) in [5, 5.41) is 11.8. The summed E-state index contributed by atoms with van der Waals surface area (Å²) in [6.45, 7) is 6.28. The van der Waals surface area contributed by atoms with Crippen LogP contribution in [0.25, 0.3) is 5.76 Å². The molecule has 0 radical (unpaired) electrons. The van der Waals surface area contributed by atoms with Crippen LogP contribution in [0.4, 0.5) is 5.13 Å². The fraction of sp³-hybridized carbons (Fsp3) is 0.235. The molecule has 1 N–H and O–H groups in total. The minimum atomic E-state index is -1.09. The number of thiazole rings is 1. The number of aliphatic hydroxyl groups is 1. The third-order valence-corrected chi connectivity index (χ3v) is 8.65. The zero-order chi connectivity index (χ0) is 31.7. The van der Waals surface area contributed by atoms with E-state index in [4.69, 9.17) is 18.9 Å². The predicted molar refractivity (Wildman–Crippen MR) is 167 cm³/mol. The second-order valence-electron chi connectivity index (χ2n) is 10.4. The number of anilines is 1. The van der Waals surface area contributed by atoms with Crippen molar-refractivity contribution < 1.29 is 38.4 Å². The van der Waals surface area contributed by atoms with Gasteiger partial charge in [-0.3, -0.25) is 19.3 Å². The van der Waals surface area contributed by atoms with Crippen LogP contribution in [0.3, 0.4) is 0 Å². The number of amides is 1. The third kappa shape index (κ3) is 5.74. The summed E-state index contributed by atoms with van der Waals surface area (Å²) in [7, 11) is 0. The van der Waals surface area contributed by atoms with Gasteiger partial charge in [-0.05, 0) is 55.3 Å². The van der Waals surface area contributed by atoms with Crippen LogP contribution < -0.4 is 23.8 Å². The second-order valence-corrected chi connectivity index (χ2v) is 11.4. The Balaban J connectivity index is 1.48. The van der Waals surface area contributed by atoms with Crippen molar-refractivity contribution in [1.29, 1.82) is 0 Å². The van der Waals surface area contributed by atoms with E-state index in [1.165, 1.54) is 11.8 Å². The summed E-state index contributed by atoms with van der Waals surface area (Å²) in [5.74, 6) is -0.585. The van der Waals surface area contributed by atoms with Gasteiger partial charge in [-0.15, -0.1) is 0 Å². The molecule has 0 bridgehead atoms. The second kappa shape index (κ2) is 12.4. The van der Waals surface area contributed by atoms with Crippen molar-refractivity contribution in [3.63, 3.8) is 0 Å². The molecule has 2 aliphatic rings. The summed E-state index contributed by atoms with van der Waals surface area (Å²) >= 11 is 1.02. The van der Waals surface area contributed by atoms with Crippen LogP contribution in [0.5, 0.6) is 23.0 Å². The van der Waals surface area contributed by atoms with E-state index >= 15 is 0 Å². The van der Waals surface area contributed by atoms with E-state index in [0.717, 1.165) is 16.9 Å². The lowest BCUT2D eigenvalue weighted by Gasteiger charge is -2.24. The Morgan fingerprint density at radius 2 is 1.76 bits per heavy atom. The van der Waals surface area contributed by atoms with Gasteiger partial charge in [-0.1, -0.05) is 47.7 Å². The minimum Gasteiger partial charge on any atom is -0.507 e. The molecule has 1 saturated heterocycles. The molecule has 0 saturated carbocycles. The van der Waals surface area contributed by atoms with Crippen LogP contribution in [0.1, 0.15) is 51.9 Å². The Kier molecular flexibility index (Phi) is 8.27. The summed E-state index contributed by atoms with van der Waals surface area (Å²) in [4.78, 5) is 45.8. The van der Waals surface area contributed by atoms with Gasteiger partial charge in [0.15, 0.2) is 33.9 Å². The molecule has 45 heavy (non-hydrogen) atoms. The molecule has 0 spiro atoms. The summed E-state index contributed by atoms with van der Waals surface area (Å²) in [5.41, 5.74) is 2.01. The molecular formula is C34H30N2O8S. The maximum absolute atomic E-state index is 13.7. The van der Waals surface area contributed by atoms with Gasteiger partial charge in [0.05, 0.1) is 28.8 Å². The summed E-state index contributed by atoms with van der Waals surface area (Å²) in [6, 6.07) is 18.5. The maximum atomic E-state index is 13.7. The molecule has 2 aliphatic heterocycles. The van der Waals surface area contributed by atoms with Gasteiger partial charge in [0, 0.05) is 12.5 Å². The average molecular weight is 627 g/mol. The van der Waals surface area contributed by atoms with Crippen molar-refractivity contribution in [3.05, 3.63) is 99.6 Å². The van der Waals surface area contributed by atoms with E-state index in [1.807, 2.05) is 37.3 Å². The molecule has 3 heterocycles. The van der Waals surface area contributed by atoms with E-state index in [-0.39, 0.29) is 27.8 Å². The first-order valence-electron chi connectivity index (χ1n) is 14.4. The Labute approximate surface area is 263 Å². The largest absolute Gasteiger partial charge is 0.507 e. The number of ether oxygens (including phenoxy) is 4. The standard InChI is InChI=1S/C34H30N2O8S/c1-4-41-26-16-22(10-12-25(26)44-18-21-8-6-5-7-9-21)29-28(30(38)23-11-13-24-27(17-23)43-15-14-42-24)31(39)33(40)36(29)34-35-19(2)32(45-34)20(3)37/h5-13,16-17,29,38H,4,14-15,18H2,1-3H3. The fourth-order valence-electron chi connectivity index (χ4n) is 5.32. The maximum Gasteiger partial charge on any atom is 0.301 e. The highest BCUT2D eigenvalue weighted by Gasteiger charge is 2.48. The number of hydrogen-bond acceptors (Lipinski definition) is 10. The van der Waals surface area contributed by atoms with Crippen molar-refractivity contribution in [1.82, 2.24) is 4.98 Å². The molecule has 1 atom stereocenters. The smallest absolute Gasteiger partial charge is 0.301 e. The zero-order valence-electron chi connectivity index (χ0n) is 24.9. The van der Waals surface area contributed by atoms with E-state index in [0.29, 0.717) is 65.6 Å². The van der Waals surface area contributed by atoms with Crippen molar-refractivity contribution in [2.24, 2.45) is 0 Å². The fourth-order valence-corrected chi connectivity index (χ4v) is 6.31. The topological polar surface area (TPSA) is 124 Å². The van der Waals surface area contributed by atoms with Crippen LogP contribution in [0, 0.1) is 6.92 Å². The molecular weight excluding hydrogens is 596 g/mol. The van der Waals surface area contributed by atoms with Crippen molar-refractivity contribution in [2.75, 3.05) is 24.7 Å². The molecule has 0 aliphatic carbocycles. The van der Waals surface area contributed by atoms with Crippen molar-refractivity contribution in [3.8, 4) is 23.0 Å². The number of aliphatic hydroxyl groups excluding tert-OH is 1. The molecule has 4 aromatic rings. The van der Waals surface area contributed by atoms with Gasteiger partial charge in [-0.2, -0.15) is 0 Å². The van der Waals surface area contributed by atoms with Crippen molar-refractivity contribution in [2.45, 2.75) is 33.4 Å². The van der Waals surface area contributed by atoms with Gasteiger partial charge in [0.25, 0.3) is 5.78 Å². The van der Waals surface area contributed by atoms with Gasteiger partial charge >= 0.3 is 5.91 Å². The molecule has 6 rings (SSSR count). The van der Waals surface area contributed by atoms with Crippen molar-refractivity contribution >= 4 is 39.7 Å². The number of hydrogen-bond donors (Lipinski definition) is 1. The van der Waals surface area contributed by atoms with Gasteiger partial charge in [0.1, 0.15) is 25.6 Å². The highest BCUT2D eigenvalue weighted by Crippen LogP contribution is 2.46.